The maximum Gasteiger partial charge on any atom is -0.0386 e. The molecule has 0 aromatic carbocycles. The Kier molecular flexibility index (Phi) is 4.98. The smallest absolute Gasteiger partial charge is 0.0386 e. The Morgan fingerprint density at radius 2 is 1.00 bits per heavy atom. The lowest BCUT2D eigenvalue weighted by molar-refractivity contribution is 0.0455. The molecule has 0 aromatic heterocycles. The Bertz CT molecular complexity index is 120. The Morgan fingerprint density at radius 3 is 1.14 bits per heavy atom. The van der Waals surface area contributed by atoms with Gasteiger partial charge in [-0.25, -0.2) is 0 Å². The zero-order valence-corrected chi connectivity index (χ0v) is 10.6. The summed E-state index contributed by atoms with van der Waals surface area (Å²) in [6, 6.07) is 0. The van der Waals surface area contributed by atoms with Gasteiger partial charge in [-0.3, -0.25) is 0 Å². The van der Waals surface area contributed by atoms with Gasteiger partial charge >= 0.3 is 0 Å². The van der Waals surface area contributed by atoms with Crippen molar-refractivity contribution in [1.82, 2.24) is 0 Å². The molecular weight excluding hydrogens is 168 g/mol. The molecule has 2 bridgehead atoms. The first-order valence-corrected chi connectivity index (χ1v) is 6.70. The van der Waals surface area contributed by atoms with Gasteiger partial charge in [-0.05, 0) is 49.4 Å². The second-order valence-corrected chi connectivity index (χ2v) is 5.39. The van der Waals surface area contributed by atoms with E-state index < -0.39 is 0 Å². The summed E-state index contributed by atoms with van der Waals surface area (Å²) >= 11 is 0. The van der Waals surface area contributed by atoms with Crippen molar-refractivity contribution in [3.05, 3.63) is 0 Å². The molecule has 0 saturated heterocycles. The Balaban J connectivity index is 0.000000213. The molecule has 0 spiro atoms. The quantitative estimate of drug-likeness (QED) is 0.560. The number of rotatable bonds is 1. The van der Waals surface area contributed by atoms with E-state index in [1.165, 1.54) is 38.5 Å². The van der Waals surface area contributed by atoms with E-state index in [2.05, 4.69) is 27.7 Å². The fourth-order valence-corrected chi connectivity index (χ4v) is 3.06. The minimum Gasteiger partial charge on any atom is -0.0654 e. The van der Waals surface area contributed by atoms with E-state index in [9.17, 15) is 0 Å². The number of unbranched alkanes of at least 4 members (excludes halogenated alkanes) is 1. The predicted octanol–water partition coefficient (Wildman–Crippen LogP) is 4.89. The highest BCUT2D eigenvalue weighted by Gasteiger charge is 2.38. The van der Waals surface area contributed by atoms with Gasteiger partial charge in [-0.15, -0.1) is 0 Å². The summed E-state index contributed by atoms with van der Waals surface area (Å²) in [5.74, 6) is 4.26. The molecule has 0 unspecified atom stereocenters. The fraction of sp³-hybridized carbons (Fsp3) is 1.00. The summed E-state index contributed by atoms with van der Waals surface area (Å²) in [6.07, 6.45) is 8.79. The van der Waals surface area contributed by atoms with Gasteiger partial charge in [0, 0.05) is 0 Å². The minimum atomic E-state index is 1.03. The first kappa shape index (κ1) is 12.1. The van der Waals surface area contributed by atoms with Crippen LogP contribution in [0, 0.1) is 23.7 Å². The molecule has 0 heteroatoms. The van der Waals surface area contributed by atoms with Gasteiger partial charge in [0.05, 0.1) is 0 Å². The lowest BCUT2D eigenvalue weighted by atomic mass is 9.60. The van der Waals surface area contributed by atoms with E-state index in [-0.39, 0.29) is 0 Å². The summed E-state index contributed by atoms with van der Waals surface area (Å²) in [5, 5.41) is 0. The van der Waals surface area contributed by atoms with Crippen molar-refractivity contribution in [1.29, 1.82) is 0 Å². The van der Waals surface area contributed by atoms with Gasteiger partial charge in [-0.2, -0.15) is 0 Å². The molecule has 0 nitrogen and oxygen atoms in total. The molecule has 3 aliphatic rings. The second-order valence-electron chi connectivity index (χ2n) is 5.39. The molecule has 3 aliphatic carbocycles. The van der Waals surface area contributed by atoms with Crippen LogP contribution in [0.4, 0.5) is 0 Å². The van der Waals surface area contributed by atoms with Gasteiger partial charge in [0.25, 0.3) is 0 Å². The molecule has 14 heavy (non-hydrogen) atoms. The number of fused-ring (bicyclic) bond motifs is 3. The summed E-state index contributed by atoms with van der Waals surface area (Å²) < 4.78 is 0. The molecule has 3 fully saturated rings. The minimum absolute atomic E-state index is 1.03. The van der Waals surface area contributed by atoms with Crippen molar-refractivity contribution in [3.63, 3.8) is 0 Å². The molecule has 84 valence electrons. The largest absolute Gasteiger partial charge is 0.0654 e. The summed E-state index contributed by atoms with van der Waals surface area (Å²) in [6.45, 7) is 9.28. The summed E-state index contributed by atoms with van der Waals surface area (Å²) in [7, 11) is 0. The molecule has 0 aromatic rings. The van der Waals surface area contributed by atoms with Crippen molar-refractivity contribution in [2.24, 2.45) is 23.7 Å². The average molecular weight is 196 g/mol. The monoisotopic (exact) mass is 196 g/mol. The van der Waals surface area contributed by atoms with Crippen LogP contribution in [0.25, 0.3) is 0 Å². The van der Waals surface area contributed by atoms with Crippen LogP contribution in [0.15, 0.2) is 0 Å². The van der Waals surface area contributed by atoms with Gasteiger partial charge in [0.15, 0.2) is 0 Å². The highest BCUT2D eigenvalue weighted by Crippen LogP contribution is 2.48. The topological polar surface area (TPSA) is 0 Å². The Hall–Kier alpha value is 0. The highest BCUT2D eigenvalue weighted by atomic mass is 14.4. The van der Waals surface area contributed by atoms with E-state index in [4.69, 9.17) is 0 Å². The normalized spacial score (nSPS) is 40.3. The van der Waals surface area contributed by atoms with Gasteiger partial charge in [0.1, 0.15) is 0 Å². The molecular formula is C14H28. The first-order chi connectivity index (χ1) is 6.70. The third-order valence-electron chi connectivity index (χ3n) is 4.63. The van der Waals surface area contributed by atoms with E-state index in [1.807, 2.05) is 0 Å². The van der Waals surface area contributed by atoms with Crippen molar-refractivity contribution in [2.75, 3.05) is 0 Å². The van der Waals surface area contributed by atoms with Crippen LogP contribution < -0.4 is 0 Å². The van der Waals surface area contributed by atoms with Crippen LogP contribution in [-0.2, 0) is 0 Å². The number of hydrogen-bond acceptors (Lipinski definition) is 0. The Morgan fingerprint density at radius 1 is 0.714 bits per heavy atom. The van der Waals surface area contributed by atoms with Crippen LogP contribution >= 0.6 is 0 Å². The van der Waals surface area contributed by atoms with Crippen LogP contribution in [0.5, 0.6) is 0 Å². The lowest BCUT2D eigenvalue weighted by Gasteiger charge is -2.46. The van der Waals surface area contributed by atoms with Crippen LogP contribution in [0.3, 0.4) is 0 Å². The van der Waals surface area contributed by atoms with Crippen LogP contribution in [0.2, 0.25) is 0 Å². The maximum absolute atomic E-state index is 2.46. The second kappa shape index (κ2) is 5.78. The molecule has 0 N–H and O–H groups in total. The van der Waals surface area contributed by atoms with Gasteiger partial charge < -0.3 is 0 Å². The third kappa shape index (κ3) is 2.74. The average Bonchev–Trinajstić information content (AvgIpc) is 2.26. The van der Waals surface area contributed by atoms with Gasteiger partial charge in [-0.1, -0.05) is 40.5 Å². The van der Waals surface area contributed by atoms with Crippen LogP contribution in [0.1, 0.15) is 66.2 Å². The fourth-order valence-electron chi connectivity index (χ4n) is 3.06. The summed E-state index contributed by atoms with van der Waals surface area (Å²) in [4.78, 5) is 0. The molecule has 0 heterocycles. The van der Waals surface area contributed by atoms with E-state index in [0.29, 0.717) is 0 Å². The molecule has 3 rings (SSSR count). The zero-order chi connectivity index (χ0) is 10.6. The van der Waals surface area contributed by atoms with Crippen molar-refractivity contribution in [2.45, 2.75) is 66.2 Å². The lowest BCUT2D eigenvalue weighted by Crippen LogP contribution is -2.36. The molecule has 2 atom stereocenters. The molecule has 0 amide bonds. The first-order valence-electron chi connectivity index (χ1n) is 6.70. The maximum atomic E-state index is 2.46. The Labute approximate surface area is 90.5 Å². The highest BCUT2D eigenvalue weighted by molar-refractivity contribution is 4.88. The third-order valence-corrected chi connectivity index (χ3v) is 4.63. The summed E-state index contributed by atoms with van der Waals surface area (Å²) in [5.41, 5.74) is 0. The van der Waals surface area contributed by atoms with Crippen molar-refractivity contribution < 1.29 is 0 Å². The van der Waals surface area contributed by atoms with Crippen molar-refractivity contribution in [3.8, 4) is 0 Å². The van der Waals surface area contributed by atoms with E-state index in [0.717, 1.165) is 23.7 Å². The number of hydrogen-bond donors (Lipinski definition) is 0. The van der Waals surface area contributed by atoms with Crippen LogP contribution in [-0.4, -0.2) is 0 Å². The molecule has 3 saturated carbocycles. The predicted molar refractivity (Wildman–Crippen MR) is 64.4 cm³/mol. The SMILES string of the molecule is CCCC.C[C@H]1C2CCC(CC2)[C@@H]1C. The molecule has 0 aliphatic heterocycles. The van der Waals surface area contributed by atoms with E-state index in [1.54, 1.807) is 0 Å². The zero-order valence-electron chi connectivity index (χ0n) is 10.6. The van der Waals surface area contributed by atoms with Crippen molar-refractivity contribution >= 4 is 0 Å². The van der Waals surface area contributed by atoms with E-state index >= 15 is 0 Å². The van der Waals surface area contributed by atoms with Gasteiger partial charge in [0.2, 0.25) is 0 Å². The standard InChI is InChI=1S/C10H18.C4H10/c1-7-8(2)10-5-3-9(7)4-6-10;1-3-4-2/h7-10H,3-6H2,1-2H3;3-4H2,1-2H3/t7-,8-,9?,10?;/m1./s1. The molecule has 0 radical (unpaired) electrons.